The molecule has 1 aromatic carbocycles. The van der Waals surface area contributed by atoms with Crippen LogP contribution in [0.25, 0.3) is 0 Å². The number of hydrogen-bond acceptors (Lipinski definition) is 3. The maximum atomic E-state index is 11.8. The van der Waals surface area contributed by atoms with Crippen LogP contribution in [-0.2, 0) is 4.74 Å². The van der Waals surface area contributed by atoms with E-state index in [9.17, 15) is 4.79 Å². The van der Waals surface area contributed by atoms with Crippen LogP contribution in [0.15, 0.2) is 30.5 Å². The number of hydrogen-bond donors (Lipinski definition) is 1. The van der Waals surface area contributed by atoms with E-state index in [0.29, 0.717) is 15.5 Å². The second-order valence-corrected chi connectivity index (χ2v) is 5.08. The molecule has 0 radical (unpaired) electrons. The fourth-order valence-corrected chi connectivity index (χ4v) is 2.78. The van der Waals surface area contributed by atoms with Gasteiger partial charge in [0, 0.05) is 11.2 Å². The van der Waals surface area contributed by atoms with Crippen LogP contribution in [0.1, 0.15) is 35.4 Å². The number of nitrogens with zero attached hydrogens (tertiary/aromatic N) is 1. The van der Waals surface area contributed by atoms with Crippen molar-refractivity contribution in [3.05, 3.63) is 51.5 Å². The number of aromatic amines is 1. The summed E-state index contributed by atoms with van der Waals surface area (Å²) >= 11 is 11.5. The van der Waals surface area contributed by atoms with Gasteiger partial charge in [-0.25, -0.2) is 4.79 Å². The third-order valence-corrected chi connectivity index (χ3v) is 3.83. The normalized spacial score (nSPS) is 12.2. The standard InChI is InChI=1S/C14H15ClN2O2S/c1-3-11(9-6-4-5-7-10(9)15)17-12(13(18)19-2)8-16-14(17)20/h4-8,11H,3H2,1-2H3,(H,16,20). The van der Waals surface area contributed by atoms with Crippen LogP contribution in [0.5, 0.6) is 0 Å². The number of carbonyl (C=O) groups is 1. The number of carbonyl (C=O) groups excluding carboxylic acids is 1. The highest BCUT2D eigenvalue weighted by Gasteiger charge is 2.22. The first-order chi connectivity index (χ1) is 9.60. The lowest BCUT2D eigenvalue weighted by atomic mass is 10.0. The molecule has 106 valence electrons. The van der Waals surface area contributed by atoms with Crippen LogP contribution < -0.4 is 0 Å². The lowest BCUT2D eigenvalue weighted by Gasteiger charge is -2.20. The van der Waals surface area contributed by atoms with Gasteiger partial charge in [0.15, 0.2) is 4.77 Å². The first-order valence-electron chi connectivity index (χ1n) is 6.22. The Balaban J connectivity index is 2.59. The number of H-pyrrole nitrogens is 1. The zero-order valence-electron chi connectivity index (χ0n) is 11.2. The van der Waals surface area contributed by atoms with Crippen molar-refractivity contribution in [3.8, 4) is 0 Å². The quantitative estimate of drug-likeness (QED) is 0.686. The minimum atomic E-state index is -0.428. The third kappa shape index (κ3) is 2.64. The zero-order chi connectivity index (χ0) is 14.7. The van der Waals surface area contributed by atoms with E-state index >= 15 is 0 Å². The van der Waals surface area contributed by atoms with Gasteiger partial charge in [-0.15, -0.1) is 0 Å². The van der Waals surface area contributed by atoms with E-state index in [1.54, 1.807) is 10.8 Å². The molecule has 0 bridgehead atoms. The molecule has 0 aliphatic carbocycles. The SMILES string of the molecule is CCC(c1ccccc1Cl)n1c(C(=O)OC)c[nH]c1=S. The summed E-state index contributed by atoms with van der Waals surface area (Å²) in [6, 6.07) is 7.44. The zero-order valence-corrected chi connectivity index (χ0v) is 12.8. The van der Waals surface area contributed by atoms with Gasteiger partial charge >= 0.3 is 5.97 Å². The third-order valence-electron chi connectivity index (χ3n) is 3.17. The van der Waals surface area contributed by atoms with Gasteiger partial charge in [-0.3, -0.25) is 0 Å². The second-order valence-electron chi connectivity index (χ2n) is 4.29. The van der Waals surface area contributed by atoms with E-state index in [4.69, 9.17) is 28.6 Å². The smallest absolute Gasteiger partial charge is 0.356 e. The van der Waals surface area contributed by atoms with Gasteiger partial charge in [-0.1, -0.05) is 36.7 Å². The topological polar surface area (TPSA) is 47.0 Å². The van der Waals surface area contributed by atoms with Gasteiger partial charge in [0.25, 0.3) is 0 Å². The van der Waals surface area contributed by atoms with E-state index in [-0.39, 0.29) is 6.04 Å². The Kier molecular flexibility index (Phi) is 4.62. The fourth-order valence-electron chi connectivity index (χ4n) is 2.24. The van der Waals surface area contributed by atoms with Crippen LogP contribution >= 0.6 is 23.8 Å². The summed E-state index contributed by atoms with van der Waals surface area (Å²) in [6.07, 6.45) is 2.31. The molecule has 0 saturated heterocycles. The van der Waals surface area contributed by atoms with E-state index in [0.717, 1.165) is 12.0 Å². The molecule has 0 aliphatic heterocycles. The fraction of sp³-hybridized carbons (Fsp3) is 0.286. The van der Waals surface area contributed by atoms with Crippen LogP contribution in [0, 0.1) is 4.77 Å². The molecule has 1 heterocycles. The number of methoxy groups -OCH3 is 1. The van der Waals surface area contributed by atoms with E-state index in [1.165, 1.54) is 7.11 Å². The Morgan fingerprint density at radius 2 is 2.20 bits per heavy atom. The number of aromatic nitrogens is 2. The average molecular weight is 311 g/mol. The maximum Gasteiger partial charge on any atom is 0.356 e. The molecule has 0 amide bonds. The first kappa shape index (κ1) is 14.8. The number of ether oxygens (including phenoxy) is 1. The van der Waals surface area contributed by atoms with Gasteiger partial charge in [0.05, 0.1) is 13.2 Å². The molecule has 0 saturated carbocycles. The Morgan fingerprint density at radius 3 is 2.80 bits per heavy atom. The highest BCUT2D eigenvalue weighted by molar-refractivity contribution is 7.71. The van der Waals surface area contributed by atoms with Gasteiger partial charge in [-0.05, 0) is 30.3 Å². The average Bonchev–Trinajstić information content (AvgIpc) is 2.83. The van der Waals surface area contributed by atoms with Gasteiger partial charge < -0.3 is 14.3 Å². The van der Waals surface area contributed by atoms with Gasteiger partial charge in [0.1, 0.15) is 5.69 Å². The number of benzene rings is 1. The molecule has 0 aliphatic rings. The summed E-state index contributed by atoms with van der Waals surface area (Å²) in [5, 5.41) is 0.651. The number of halogens is 1. The highest BCUT2D eigenvalue weighted by Crippen LogP contribution is 2.30. The van der Waals surface area contributed by atoms with Crippen LogP contribution in [0.3, 0.4) is 0 Å². The lowest BCUT2D eigenvalue weighted by molar-refractivity contribution is 0.0586. The number of rotatable bonds is 4. The summed E-state index contributed by atoms with van der Waals surface area (Å²) in [5.74, 6) is -0.428. The summed E-state index contributed by atoms with van der Waals surface area (Å²) in [4.78, 5) is 14.7. The van der Waals surface area contributed by atoms with E-state index in [2.05, 4.69) is 4.98 Å². The molecule has 2 rings (SSSR count). The summed E-state index contributed by atoms with van der Waals surface area (Å²) in [6.45, 7) is 2.02. The largest absolute Gasteiger partial charge is 0.464 e. The minimum Gasteiger partial charge on any atom is -0.464 e. The van der Waals surface area contributed by atoms with Crippen molar-refractivity contribution in [2.75, 3.05) is 7.11 Å². The van der Waals surface area contributed by atoms with Crippen molar-refractivity contribution in [1.29, 1.82) is 0 Å². The van der Waals surface area contributed by atoms with Crippen LogP contribution in [0.4, 0.5) is 0 Å². The molecule has 2 aromatic rings. The number of esters is 1. The number of nitrogens with one attached hydrogen (secondary N) is 1. The Morgan fingerprint density at radius 1 is 1.50 bits per heavy atom. The molecule has 4 nitrogen and oxygen atoms in total. The van der Waals surface area contributed by atoms with Crippen molar-refractivity contribution in [1.82, 2.24) is 9.55 Å². The Labute approximate surface area is 127 Å². The summed E-state index contributed by atoms with van der Waals surface area (Å²) in [7, 11) is 1.35. The van der Waals surface area contributed by atoms with E-state index in [1.807, 2.05) is 31.2 Å². The molecular weight excluding hydrogens is 296 g/mol. The first-order valence-corrected chi connectivity index (χ1v) is 7.01. The summed E-state index contributed by atoms with van der Waals surface area (Å²) < 4.78 is 7.01. The summed E-state index contributed by atoms with van der Waals surface area (Å²) in [5.41, 5.74) is 1.32. The molecule has 1 unspecified atom stereocenters. The predicted molar refractivity (Wildman–Crippen MR) is 80.8 cm³/mol. The molecular formula is C14H15ClN2O2S. The van der Waals surface area contributed by atoms with Crippen molar-refractivity contribution >= 4 is 29.8 Å². The molecule has 1 atom stereocenters. The van der Waals surface area contributed by atoms with Crippen LogP contribution in [-0.4, -0.2) is 22.6 Å². The maximum absolute atomic E-state index is 11.8. The Bertz CT molecular complexity index is 678. The second kappa shape index (κ2) is 6.24. The van der Waals surface area contributed by atoms with Crippen molar-refractivity contribution < 1.29 is 9.53 Å². The molecule has 0 spiro atoms. The minimum absolute atomic E-state index is 0.114. The molecule has 1 aromatic heterocycles. The van der Waals surface area contributed by atoms with Gasteiger partial charge in [0.2, 0.25) is 0 Å². The predicted octanol–water partition coefficient (Wildman–Crippen LogP) is 3.99. The number of imidazole rings is 1. The van der Waals surface area contributed by atoms with Crippen molar-refractivity contribution in [3.63, 3.8) is 0 Å². The van der Waals surface area contributed by atoms with Crippen molar-refractivity contribution in [2.45, 2.75) is 19.4 Å². The van der Waals surface area contributed by atoms with Crippen molar-refractivity contribution in [2.24, 2.45) is 0 Å². The lowest BCUT2D eigenvalue weighted by Crippen LogP contribution is -2.17. The van der Waals surface area contributed by atoms with Crippen LogP contribution in [0.2, 0.25) is 5.02 Å². The Hall–Kier alpha value is -1.59. The molecule has 20 heavy (non-hydrogen) atoms. The molecule has 6 heteroatoms. The monoisotopic (exact) mass is 310 g/mol. The molecule has 1 N–H and O–H groups in total. The van der Waals surface area contributed by atoms with E-state index < -0.39 is 5.97 Å². The van der Waals surface area contributed by atoms with Gasteiger partial charge in [-0.2, -0.15) is 0 Å². The molecule has 0 fully saturated rings. The highest BCUT2D eigenvalue weighted by atomic mass is 35.5.